The van der Waals surface area contributed by atoms with E-state index in [4.69, 9.17) is 0 Å². The second kappa shape index (κ2) is 4.45. The quantitative estimate of drug-likeness (QED) is 0.808. The standard InChI is InChI=1S/C13H13FN2O2S/c14-10-1-5-13(6-2-10)19(17,18)8-12-7-15-9-16(12)11-3-4-11/h1-2,5-7,9,11H,3-4,8H2. The Morgan fingerprint density at radius 2 is 1.95 bits per heavy atom. The van der Waals surface area contributed by atoms with Crippen molar-refractivity contribution in [1.29, 1.82) is 0 Å². The van der Waals surface area contributed by atoms with Gasteiger partial charge < -0.3 is 4.57 Å². The third-order valence-corrected chi connectivity index (χ3v) is 4.86. The number of sulfone groups is 1. The number of hydrogen-bond acceptors (Lipinski definition) is 3. The normalized spacial score (nSPS) is 15.6. The van der Waals surface area contributed by atoms with Crippen molar-refractivity contribution in [3.05, 3.63) is 48.3 Å². The summed E-state index contributed by atoms with van der Waals surface area (Å²) in [4.78, 5) is 4.15. The molecule has 1 aromatic heterocycles. The Labute approximate surface area is 110 Å². The molecule has 3 rings (SSSR count). The number of imidazole rings is 1. The van der Waals surface area contributed by atoms with Crippen LogP contribution in [0.25, 0.3) is 0 Å². The molecule has 0 atom stereocenters. The van der Waals surface area contributed by atoms with Gasteiger partial charge in [-0.05, 0) is 37.1 Å². The summed E-state index contributed by atoms with van der Waals surface area (Å²) in [6, 6.07) is 5.29. The average molecular weight is 280 g/mol. The predicted molar refractivity (Wildman–Crippen MR) is 67.8 cm³/mol. The summed E-state index contributed by atoms with van der Waals surface area (Å²) in [7, 11) is -3.46. The summed E-state index contributed by atoms with van der Waals surface area (Å²) >= 11 is 0. The highest BCUT2D eigenvalue weighted by Gasteiger charge is 2.27. The van der Waals surface area contributed by atoms with Crippen molar-refractivity contribution in [1.82, 2.24) is 9.55 Å². The van der Waals surface area contributed by atoms with Gasteiger partial charge in [-0.1, -0.05) is 0 Å². The van der Waals surface area contributed by atoms with Crippen LogP contribution < -0.4 is 0 Å². The second-order valence-electron chi connectivity index (χ2n) is 4.74. The Hall–Kier alpha value is -1.69. The van der Waals surface area contributed by atoms with Gasteiger partial charge in [-0.15, -0.1) is 0 Å². The molecule has 1 aliphatic carbocycles. The van der Waals surface area contributed by atoms with Gasteiger partial charge in [-0.3, -0.25) is 0 Å². The van der Waals surface area contributed by atoms with Gasteiger partial charge in [-0.25, -0.2) is 17.8 Å². The highest BCUT2D eigenvalue weighted by atomic mass is 32.2. The van der Waals surface area contributed by atoms with Crippen LogP contribution in [0.5, 0.6) is 0 Å². The highest BCUT2D eigenvalue weighted by Crippen LogP contribution is 2.36. The molecule has 0 N–H and O–H groups in total. The lowest BCUT2D eigenvalue weighted by atomic mass is 10.4. The molecule has 0 radical (unpaired) electrons. The summed E-state index contributed by atoms with van der Waals surface area (Å²) in [5.74, 6) is -0.545. The van der Waals surface area contributed by atoms with Crippen LogP contribution in [0.2, 0.25) is 0 Å². The third-order valence-electron chi connectivity index (χ3n) is 3.20. The molecule has 0 spiro atoms. The van der Waals surface area contributed by atoms with Crippen molar-refractivity contribution in [2.24, 2.45) is 0 Å². The van der Waals surface area contributed by atoms with Gasteiger partial charge in [-0.2, -0.15) is 0 Å². The van der Waals surface area contributed by atoms with Crippen LogP contribution in [-0.2, 0) is 15.6 Å². The van der Waals surface area contributed by atoms with Crippen LogP contribution in [0.4, 0.5) is 4.39 Å². The lowest BCUT2D eigenvalue weighted by Crippen LogP contribution is -2.09. The van der Waals surface area contributed by atoms with Gasteiger partial charge in [0.2, 0.25) is 0 Å². The smallest absolute Gasteiger partial charge is 0.184 e. The SMILES string of the molecule is O=S(=O)(Cc1cncn1C1CC1)c1ccc(F)cc1. The maximum atomic E-state index is 12.8. The molecular weight excluding hydrogens is 267 g/mol. The van der Waals surface area contributed by atoms with Crippen molar-refractivity contribution < 1.29 is 12.8 Å². The Balaban J connectivity index is 1.88. The van der Waals surface area contributed by atoms with E-state index < -0.39 is 15.7 Å². The Morgan fingerprint density at radius 1 is 1.26 bits per heavy atom. The molecule has 6 heteroatoms. The fraction of sp³-hybridized carbons (Fsp3) is 0.308. The molecule has 1 aromatic carbocycles. The van der Waals surface area contributed by atoms with Crippen molar-refractivity contribution in [3.8, 4) is 0 Å². The van der Waals surface area contributed by atoms with E-state index in [2.05, 4.69) is 4.98 Å². The lowest BCUT2D eigenvalue weighted by molar-refractivity contribution is 0.590. The van der Waals surface area contributed by atoms with Crippen LogP contribution in [0, 0.1) is 5.82 Å². The number of hydrogen-bond donors (Lipinski definition) is 0. The first-order valence-electron chi connectivity index (χ1n) is 6.05. The summed E-state index contributed by atoms with van der Waals surface area (Å²) in [5, 5.41) is 0. The van der Waals surface area contributed by atoms with Crippen LogP contribution in [-0.4, -0.2) is 18.0 Å². The molecule has 100 valence electrons. The summed E-state index contributed by atoms with van der Waals surface area (Å²) in [6.45, 7) is 0. The molecule has 1 aliphatic rings. The minimum Gasteiger partial charge on any atom is -0.331 e. The van der Waals surface area contributed by atoms with Gasteiger partial charge in [0.1, 0.15) is 5.82 Å². The van der Waals surface area contributed by atoms with E-state index in [1.807, 2.05) is 4.57 Å². The van der Waals surface area contributed by atoms with E-state index in [1.54, 1.807) is 12.5 Å². The molecule has 1 saturated carbocycles. The number of aromatic nitrogens is 2. The third kappa shape index (κ3) is 2.53. The van der Waals surface area contributed by atoms with E-state index in [1.165, 1.54) is 12.1 Å². The molecular formula is C13H13FN2O2S. The van der Waals surface area contributed by atoms with E-state index in [-0.39, 0.29) is 10.6 Å². The molecule has 0 aliphatic heterocycles. The van der Waals surface area contributed by atoms with Crippen molar-refractivity contribution >= 4 is 9.84 Å². The summed E-state index contributed by atoms with van der Waals surface area (Å²) in [6.07, 6.45) is 5.40. The first-order valence-corrected chi connectivity index (χ1v) is 7.70. The summed E-state index contributed by atoms with van der Waals surface area (Å²) < 4.78 is 39.2. The Bertz CT molecular complexity index is 688. The summed E-state index contributed by atoms with van der Waals surface area (Å²) in [5.41, 5.74) is 0.687. The monoisotopic (exact) mass is 280 g/mol. The Kier molecular flexibility index (Phi) is 2.89. The molecule has 1 fully saturated rings. The Morgan fingerprint density at radius 3 is 2.58 bits per heavy atom. The first kappa shape index (κ1) is 12.3. The molecule has 1 heterocycles. The molecule has 2 aromatic rings. The second-order valence-corrected chi connectivity index (χ2v) is 6.73. The van der Waals surface area contributed by atoms with Crippen molar-refractivity contribution in [2.75, 3.05) is 0 Å². The number of halogens is 1. The fourth-order valence-corrected chi connectivity index (χ4v) is 3.38. The van der Waals surface area contributed by atoms with Gasteiger partial charge in [0.05, 0.1) is 22.7 Å². The maximum absolute atomic E-state index is 12.8. The van der Waals surface area contributed by atoms with Crippen molar-refractivity contribution in [3.63, 3.8) is 0 Å². The van der Waals surface area contributed by atoms with E-state index in [9.17, 15) is 12.8 Å². The van der Waals surface area contributed by atoms with Crippen LogP contribution in [0.1, 0.15) is 24.6 Å². The van der Waals surface area contributed by atoms with Gasteiger partial charge >= 0.3 is 0 Å². The maximum Gasteiger partial charge on any atom is 0.184 e. The first-order chi connectivity index (χ1) is 9.06. The topological polar surface area (TPSA) is 52.0 Å². The van der Waals surface area contributed by atoms with Gasteiger partial charge in [0, 0.05) is 12.2 Å². The molecule has 0 bridgehead atoms. The zero-order valence-corrected chi connectivity index (χ0v) is 11.0. The van der Waals surface area contributed by atoms with Crippen molar-refractivity contribution in [2.45, 2.75) is 29.5 Å². The predicted octanol–water partition coefficient (Wildman–Crippen LogP) is 2.33. The van der Waals surface area contributed by atoms with E-state index in [0.29, 0.717) is 11.7 Å². The number of nitrogens with zero attached hydrogens (tertiary/aromatic N) is 2. The van der Waals surface area contributed by atoms with Crippen LogP contribution in [0.3, 0.4) is 0 Å². The fourth-order valence-electron chi connectivity index (χ4n) is 2.05. The van der Waals surface area contributed by atoms with Gasteiger partial charge in [0.25, 0.3) is 0 Å². The molecule has 0 amide bonds. The number of rotatable bonds is 4. The molecule has 0 saturated heterocycles. The van der Waals surface area contributed by atoms with Crippen LogP contribution >= 0.6 is 0 Å². The largest absolute Gasteiger partial charge is 0.331 e. The molecule has 4 nitrogen and oxygen atoms in total. The lowest BCUT2D eigenvalue weighted by Gasteiger charge is -2.07. The van der Waals surface area contributed by atoms with Crippen LogP contribution in [0.15, 0.2) is 41.7 Å². The average Bonchev–Trinajstić information content (AvgIpc) is 3.11. The highest BCUT2D eigenvalue weighted by molar-refractivity contribution is 7.90. The van der Waals surface area contributed by atoms with E-state index in [0.717, 1.165) is 25.0 Å². The minimum atomic E-state index is -3.46. The molecule has 0 unspecified atom stereocenters. The molecule has 19 heavy (non-hydrogen) atoms. The number of benzene rings is 1. The zero-order valence-electron chi connectivity index (χ0n) is 10.2. The zero-order chi connectivity index (χ0) is 13.5. The van der Waals surface area contributed by atoms with Gasteiger partial charge in [0.15, 0.2) is 9.84 Å². The minimum absolute atomic E-state index is 0.102. The van der Waals surface area contributed by atoms with E-state index >= 15 is 0 Å².